The van der Waals surface area contributed by atoms with Gasteiger partial charge in [0.2, 0.25) is 5.96 Å². The maximum atomic E-state index is 8.29. The van der Waals surface area contributed by atoms with Gasteiger partial charge in [-0.3, -0.25) is 0 Å². The predicted molar refractivity (Wildman–Crippen MR) is 40.9 cm³/mol. The van der Waals surface area contributed by atoms with E-state index in [1.54, 1.807) is 11.9 Å². The molecule has 0 heterocycles. The quantitative estimate of drug-likeness (QED) is 0.225. The molecule has 0 rings (SSSR count). The van der Waals surface area contributed by atoms with Crippen molar-refractivity contribution in [2.45, 2.75) is 26.3 Å². The molecule has 0 fully saturated rings. The summed E-state index contributed by atoms with van der Waals surface area (Å²) in [6, 6.07) is 0. The van der Waals surface area contributed by atoms with Gasteiger partial charge in [-0.1, -0.05) is 5.16 Å². The molecular weight excluding hydrogens is 130 g/mol. The monoisotopic (exact) mass is 145 g/mol. The van der Waals surface area contributed by atoms with Crippen molar-refractivity contribution in [1.82, 2.24) is 4.90 Å². The van der Waals surface area contributed by atoms with Crippen LogP contribution in [0.1, 0.15) is 20.8 Å². The Balaban J connectivity index is 4.23. The van der Waals surface area contributed by atoms with Crippen molar-refractivity contribution < 1.29 is 5.21 Å². The van der Waals surface area contributed by atoms with E-state index in [0.717, 1.165) is 0 Å². The summed E-state index contributed by atoms with van der Waals surface area (Å²) < 4.78 is 0. The second-order valence-electron chi connectivity index (χ2n) is 3.19. The molecule has 0 amide bonds. The summed E-state index contributed by atoms with van der Waals surface area (Å²) in [5.74, 6) is 0.132. The van der Waals surface area contributed by atoms with Gasteiger partial charge in [0.05, 0.1) is 0 Å². The van der Waals surface area contributed by atoms with Gasteiger partial charge < -0.3 is 15.8 Å². The van der Waals surface area contributed by atoms with Crippen molar-refractivity contribution in [1.29, 1.82) is 0 Å². The van der Waals surface area contributed by atoms with Crippen LogP contribution in [-0.2, 0) is 0 Å². The average molecular weight is 145 g/mol. The molecule has 0 aromatic carbocycles. The number of rotatable bonds is 0. The van der Waals surface area contributed by atoms with Gasteiger partial charge in [-0.2, -0.15) is 0 Å². The maximum Gasteiger partial charge on any atom is 0.233 e. The highest BCUT2D eigenvalue weighted by atomic mass is 16.4. The smallest absolute Gasteiger partial charge is 0.233 e. The fraction of sp³-hybridized carbons (Fsp3) is 0.833. The molecule has 0 radical (unpaired) electrons. The van der Waals surface area contributed by atoms with Crippen LogP contribution in [0.2, 0.25) is 0 Å². The minimum absolute atomic E-state index is 0.101. The van der Waals surface area contributed by atoms with Gasteiger partial charge in [-0.05, 0) is 20.8 Å². The highest BCUT2D eigenvalue weighted by Gasteiger charge is 2.18. The molecule has 0 saturated carbocycles. The summed E-state index contributed by atoms with van der Waals surface area (Å²) in [4.78, 5) is 1.69. The van der Waals surface area contributed by atoms with Crippen molar-refractivity contribution in [3.8, 4) is 0 Å². The van der Waals surface area contributed by atoms with Gasteiger partial charge in [-0.25, -0.2) is 0 Å². The molecule has 60 valence electrons. The zero-order chi connectivity index (χ0) is 8.36. The van der Waals surface area contributed by atoms with E-state index in [1.165, 1.54) is 0 Å². The normalized spacial score (nSPS) is 13.4. The van der Waals surface area contributed by atoms with Crippen molar-refractivity contribution in [2.24, 2.45) is 10.9 Å². The Morgan fingerprint density at radius 2 is 1.90 bits per heavy atom. The van der Waals surface area contributed by atoms with Crippen molar-refractivity contribution in [3.63, 3.8) is 0 Å². The molecule has 4 nitrogen and oxygen atoms in total. The van der Waals surface area contributed by atoms with Crippen molar-refractivity contribution in [2.75, 3.05) is 7.05 Å². The molecule has 0 atom stereocenters. The summed E-state index contributed by atoms with van der Waals surface area (Å²) in [6.07, 6.45) is 0. The Labute approximate surface area is 61.3 Å². The van der Waals surface area contributed by atoms with Gasteiger partial charge in [-0.15, -0.1) is 0 Å². The van der Waals surface area contributed by atoms with Crippen LogP contribution in [0.15, 0.2) is 5.16 Å². The fourth-order valence-corrected chi connectivity index (χ4v) is 0.411. The lowest BCUT2D eigenvalue weighted by Gasteiger charge is -2.31. The molecule has 0 unspecified atom stereocenters. The molecule has 0 aromatic heterocycles. The topological polar surface area (TPSA) is 61.8 Å². The van der Waals surface area contributed by atoms with E-state index in [1.807, 2.05) is 20.8 Å². The number of oxime groups is 1. The van der Waals surface area contributed by atoms with Crippen molar-refractivity contribution >= 4 is 5.96 Å². The molecule has 4 heteroatoms. The Morgan fingerprint density at radius 1 is 1.50 bits per heavy atom. The molecule has 0 aliphatic rings. The number of nitrogens with two attached hydrogens (primary N) is 1. The third-order valence-corrected chi connectivity index (χ3v) is 1.45. The van der Waals surface area contributed by atoms with Crippen LogP contribution in [0, 0.1) is 0 Å². The molecular formula is C6H15N3O. The Hall–Kier alpha value is -0.930. The third-order valence-electron chi connectivity index (χ3n) is 1.45. The largest absolute Gasteiger partial charge is 0.408 e. The Bertz CT molecular complexity index is 136. The highest BCUT2D eigenvalue weighted by Crippen LogP contribution is 2.08. The van der Waals surface area contributed by atoms with Crippen LogP contribution in [0.5, 0.6) is 0 Å². The molecule has 0 aromatic rings. The number of hydrogen-bond acceptors (Lipinski definition) is 2. The van der Waals surface area contributed by atoms with E-state index in [2.05, 4.69) is 5.16 Å². The molecule has 0 saturated heterocycles. The second-order valence-corrected chi connectivity index (χ2v) is 3.19. The SMILES string of the molecule is CN(/C(N)=N/O)C(C)(C)C. The maximum absolute atomic E-state index is 8.29. The third kappa shape index (κ3) is 2.13. The van der Waals surface area contributed by atoms with Crippen molar-refractivity contribution in [3.05, 3.63) is 0 Å². The lowest BCUT2D eigenvalue weighted by Crippen LogP contribution is -2.46. The second kappa shape index (κ2) is 2.77. The minimum atomic E-state index is -0.101. The standard InChI is InChI=1S/C6H15N3O/c1-6(2,3)9(4)5(7)8-10/h10H,1-4H3,(H2,7,8). The Kier molecular flexibility index (Phi) is 2.51. The summed E-state index contributed by atoms with van der Waals surface area (Å²) >= 11 is 0. The highest BCUT2D eigenvalue weighted by molar-refractivity contribution is 5.77. The fourth-order valence-electron chi connectivity index (χ4n) is 0.411. The van der Waals surface area contributed by atoms with Crippen LogP contribution in [0.25, 0.3) is 0 Å². The van der Waals surface area contributed by atoms with Gasteiger partial charge in [0, 0.05) is 12.6 Å². The van der Waals surface area contributed by atoms with E-state index in [9.17, 15) is 0 Å². The lowest BCUT2D eigenvalue weighted by atomic mass is 10.1. The molecule has 0 aliphatic carbocycles. The molecule has 3 N–H and O–H groups in total. The van der Waals surface area contributed by atoms with E-state index in [4.69, 9.17) is 10.9 Å². The molecule has 0 spiro atoms. The Morgan fingerprint density at radius 3 is 2.00 bits per heavy atom. The summed E-state index contributed by atoms with van der Waals surface area (Å²) in [6.45, 7) is 5.93. The van der Waals surface area contributed by atoms with E-state index < -0.39 is 0 Å². The first-order valence-corrected chi connectivity index (χ1v) is 3.11. The first-order valence-electron chi connectivity index (χ1n) is 3.11. The summed E-state index contributed by atoms with van der Waals surface area (Å²) in [7, 11) is 1.77. The molecule has 0 aliphatic heterocycles. The predicted octanol–water partition coefficient (Wildman–Crippen LogP) is 0.421. The van der Waals surface area contributed by atoms with Gasteiger partial charge >= 0.3 is 0 Å². The molecule has 0 bridgehead atoms. The first kappa shape index (κ1) is 9.07. The van der Waals surface area contributed by atoms with Gasteiger partial charge in [0.1, 0.15) is 0 Å². The lowest BCUT2D eigenvalue weighted by molar-refractivity contribution is 0.250. The van der Waals surface area contributed by atoms with E-state index in [-0.39, 0.29) is 11.5 Å². The zero-order valence-electron chi connectivity index (χ0n) is 6.92. The number of hydrogen-bond donors (Lipinski definition) is 2. The van der Waals surface area contributed by atoms with Crippen LogP contribution < -0.4 is 5.73 Å². The number of guanidine groups is 1. The van der Waals surface area contributed by atoms with Crippen LogP contribution in [0.4, 0.5) is 0 Å². The summed E-state index contributed by atoms with van der Waals surface area (Å²) in [5.41, 5.74) is 5.23. The van der Waals surface area contributed by atoms with Gasteiger partial charge in [0.15, 0.2) is 0 Å². The number of nitrogens with zero attached hydrogens (tertiary/aromatic N) is 2. The average Bonchev–Trinajstić information content (AvgIpc) is 1.83. The van der Waals surface area contributed by atoms with Crippen LogP contribution in [-0.4, -0.2) is 28.7 Å². The van der Waals surface area contributed by atoms with E-state index in [0.29, 0.717) is 0 Å². The molecule has 10 heavy (non-hydrogen) atoms. The zero-order valence-corrected chi connectivity index (χ0v) is 6.92. The first-order chi connectivity index (χ1) is 4.39. The van der Waals surface area contributed by atoms with Crippen LogP contribution >= 0.6 is 0 Å². The summed E-state index contributed by atoms with van der Waals surface area (Å²) in [5, 5.41) is 11.2. The van der Waals surface area contributed by atoms with Gasteiger partial charge in [0.25, 0.3) is 0 Å². The van der Waals surface area contributed by atoms with E-state index >= 15 is 0 Å². The minimum Gasteiger partial charge on any atom is -0.408 e. The van der Waals surface area contributed by atoms with Crippen LogP contribution in [0.3, 0.4) is 0 Å².